The van der Waals surface area contributed by atoms with E-state index in [2.05, 4.69) is 58.2 Å². The molecule has 0 bridgehead atoms. The second-order valence-corrected chi connectivity index (χ2v) is 5.89. The van der Waals surface area contributed by atoms with Crippen LogP contribution in [0.1, 0.15) is 48.5 Å². The molecule has 15 heavy (non-hydrogen) atoms. The fourth-order valence-corrected chi connectivity index (χ4v) is 0.823. The lowest BCUT2D eigenvalue weighted by atomic mass is 9.90. The predicted octanol–water partition coefficient (Wildman–Crippen LogP) is 4.08. The Morgan fingerprint density at radius 1 is 1.00 bits per heavy atom. The Labute approximate surface area is 94.2 Å². The Bertz CT molecular complexity index is 283. The zero-order valence-corrected chi connectivity index (χ0v) is 11.2. The van der Waals surface area contributed by atoms with E-state index in [1.165, 1.54) is 0 Å². The molecule has 0 N–H and O–H groups in total. The van der Waals surface area contributed by atoms with Crippen molar-refractivity contribution in [2.45, 2.75) is 48.5 Å². The fraction of sp³-hybridized carbons (Fsp3) is 0.692. The van der Waals surface area contributed by atoms with Gasteiger partial charge in [-0.15, -0.1) is 0 Å². The van der Waals surface area contributed by atoms with Crippen molar-refractivity contribution in [2.24, 2.45) is 20.8 Å². The van der Waals surface area contributed by atoms with Gasteiger partial charge < -0.3 is 0 Å². The number of hydrogen-bond donors (Lipinski definition) is 0. The summed E-state index contributed by atoms with van der Waals surface area (Å²) in [6.07, 6.45) is 1.83. The minimum absolute atomic E-state index is 0.00339. The van der Waals surface area contributed by atoms with Gasteiger partial charge in [-0.2, -0.15) is 0 Å². The molecule has 0 saturated heterocycles. The maximum atomic E-state index is 4.45. The van der Waals surface area contributed by atoms with E-state index in [0.717, 1.165) is 11.4 Å². The maximum absolute atomic E-state index is 4.45. The van der Waals surface area contributed by atoms with Crippen LogP contribution in [0.15, 0.2) is 21.9 Å². The first kappa shape index (κ1) is 14.1. The van der Waals surface area contributed by atoms with Crippen LogP contribution in [0.4, 0.5) is 0 Å². The van der Waals surface area contributed by atoms with Gasteiger partial charge in [0.05, 0.1) is 5.70 Å². The van der Waals surface area contributed by atoms with Crippen molar-refractivity contribution in [2.75, 3.05) is 0 Å². The molecule has 86 valence electrons. The van der Waals surface area contributed by atoms with Crippen LogP contribution in [-0.2, 0) is 0 Å². The van der Waals surface area contributed by atoms with Crippen molar-refractivity contribution in [1.82, 2.24) is 0 Å². The number of aliphatic imine (C=N–C) groups is 2. The van der Waals surface area contributed by atoms with Crippen LogP contribution in [0.5, 0.6) is 0 Å². The van der Waals surface area contributed by atoms with Crippen molar-refractivity contribution in [3.8, 4) is 0 Å². The molecular formula is C13H24N2. The summed E-state index contributed by atoms with van der Waals surface area (Å²) < 4.78 is 0. The molecule has 2 heteroatoms. The van der Waals surface area contributed by atoms with Crippen molar-refractivity contribution < 1.29 is 0 Å². The highest BCUT2D eigenvalue weighted by molar-refractivity contribution is 5.87. The second-order valence-electron chi connectivity index (χ2n) is 5.89. The van der Waals surface area contributed by atoms with Crippen molar-refractivity contribution in [3.05, 3.63) is 11.9 Å². The molecule has 0 heterocycles. The van der Waals surface area contributed by atoms with Gasteiger partial charge in [0.15, 0.2) is 0 Å². The maximum Gasteiger partial charge on any atom is 0.0632 e. The molecule has 0 fully saturated rings. The van der Waals surface area contributed by atoms with E-state index in [1.807, 2.05) is 13.1 Å². The quantitative estimate of drug-likeness (QED) is 0.611. The Morgan fingerprint density at radius 3 is 1.73 bits per heavy atom. The molecule has 0 aliphatic heterocycles. The van der Waals surface area contributed by atoms with E-state index in [0.29, 0.717) is 0 Å². The van der Waals surface area contributed by atoms with Crippen LogP contribution in [0, 0.1) is 10.8 Å². The predicted molar refractivity (Wildman–Crippen MR) is 69.7 cm³/mol. The van der Waals surface area contributed by atoms with Gasteiger partial charge in [0, 0.05) is 17.3 Å². The monoisotopic (exact) mass is 208 g/mol. The molecule has 0 atom stereocenters. The van der Waals surface area contributed by atoms with Gasteiger partial charge in [-0.25, -0.2) is 0 Å². The molecule has 0 aliphatic rings. The summed E-state index contributed by atoms with van der Waals surface area (Å²) in [5, 5.41) is 0. The van der Waals surface area contributed by atoms with Gasteiger partial charge >= 0.3 is 0 Å². The molecule has 0 rings (SSSR count). The summed E-state index contributed by atoms with van der Waals surface area (Å²) in [6, 6.07) is 0. The number of rotatable bonds is 2. The highest BCUT2D eigenvalue weighted by Gasteiger charge is 2.17. The number of allylic oxidation sites excluding steroid dienone is 1. The fourth-order valence-electron chi connectivity index (χ4n) is 0.823. The largest absolute Gasteiger partial charge is 0.267 e. The normalized spacial score (nSPS) is 15.4. The molecule has 0 aromatic rings. The van der Waals surface area contributed by atoms with E-state index in [9.17, 15) is 0 Å². The van der Waals surface area contributed by atoms with E-state index in [1.54, 1.807) is 0 Å². The molecule has 0 saturated carbocycles. The Hall–Kier alpha value is -0.920. The summed E-state index contributed by atoms with van der Waals surface area (Å²) in [5.41, 5.74) is 2.14. The van der Waals surface area contributed by atoms with Crippen LogP contribution < -0.4 is 0 Å². The Balaban J connectivity index is 4.99. The van der Waals surface area contributed by atoms with Gasteiger partial charge in [0.2, 0.25) is 0 Å². The summed E-state index contributed by atoms with van der Waals surface area (Å²) >= 11 is 0. The molecule has 0 aliphatic carbocycles. The summed E-state index contributed by atoms with van der Waals surface area (Å²) in [5.74, 6) is 0. The van der Waals surface area contributed by atoms with Crippen LogP contribution in [0.25, 0.3) is 0 Å². The van der Waals surface area contributed by atoms with Gasteiger partial charge in [-0.3, -0.25) is 9.98 Å². The first-order valence-electron chi connectivity index (χ1n) is 5.31. The lowest BCUT2D eigenvalue weighted by molar-refractivity contribution is 0.497. The molecule has 0 aromatic heterocycles. The van der Waals surface area contributed by atoms with Crippen molar-refractivity contribution in [1.29, 1.82) is 0 Å². The average molecular weight is 208 g/mol. The van der Waals surface area contributed by atoms with E-state index >= 15 is 0 Å². The van der Waals surface area contributed by atoms with Crippen LogP contribution in [0.3, 0.4) is 0 Å². The molecule has 2 nitrogen and oxygen atoms in total. The first-order valence-corrected chi connectivity index (χ1v) is 5.31. The lowest BCUT2D eigenvalue weighted by Gasteiger charge is -2.20. The van der Waals surface area contributed by atoms with Crippen LogP contribution >= 0.6 is 0 Å². The molecule has 0 radical (unpaired) electrons. The molecule has 0 aromatic carbocycles. The Morgan fingerprint density at radius 2 is 1.47 bits per heavy atom. The molecular weight excluding hydrogens is 184 g/mol. The molecule has 0 amide bonds. The topological polar surface area (TPSA) is 24.7 Å². The van der Waals surface area contributed by atoms with Crippen LogP contribution in [0.2, 0.25) is 0 Å². The molecule has 0 spiro atoms. The minimum atomic E-state index is 0.00339. The summed E-state index contributed by atoms with van der Waals surface area (Å²) in [4.78, 5) is 8.47. The summed E-state index contributed by atoms with van der Waals surface area (Å²) in [7, 11) is 0. The minimum Gasteiger partial charge on any atom is -0.267 e. The van der Waals surface area contributed by atoms with Gasteiger partial charge in [0.1, 0.15) is 0 Å². The second kappa shape index (κ2) is 4.73. The third kappa shape index (κ3) is 4.91. The molecule has 0 unspecified atom stereocenters. The number of hydrogen-bond acceptors (Lipinski definition) is 2. The zero-order valence-electron chi connectivity index (χ0n) is 11.2. The average Bonchev–Trinajstić information content (AvgIpc) is 2.00. The van der Waals surface area contributed by atoms with E-state index < -0.39 is 0 Å². The third-order valence-electron chi connectivity index (χ3n) is 2.40. The van der Waals surface area contributed by atoms with Gasteiger partial charge in [-0.05, 0) is 19.1 Å². The van der Waals surface area contributed by atoms with Crippen molar-refractivity contribution >= 4 is 12.4 Å². The van der Waals surface area contributed by atoms with Crippen LogP contribution in [-0.4, -0.2) is 12.4 Å². The van der Waals surface area contributed by atoms with Crippen molar-refractivity contribution in [3.63, 3.8) is 0 Å². The third-order valence-corrected chi connectivity index (χ3v) is 2.40. The highest BCUT2D eigenvalue weighted by Crippen LogP contribution is 2.26. The Kier molecular flexibility index (Phi) is 4.44. The van der Waals surface area contributed by atoms with E-state index in [4.69, 9.17) is 0 Å². The lowest BCUT2D eigenvalue weighted by Crippen LogP contribution is -2.16. The summed E-state index contributed by atoms with van der Waals surface area (Å²) in [6.45, 7) is 18.4. The van der Waals surface area contributed by atoms with E-state index in [-0.39, 0.29) is 10.8 Å². The highest BCUT2D eigenvalue weighted by atomic mass is 14.8. The number of nitrogens with zero attached hydrogens (tertiary/aromatic N) is 2. The van der Waals surface area contributed by atoms with Gasteiger partial charge in [0.25, 0.3) is 0 Å². The first-order chi connectivity index (χ1) is 6.59. The SMILES string of the molecule is C=N/C(=C\N=C(C)C(C)(C)C)C(C)(C)C. The standard InChI is InChI=1S/C13H24N2/c1-10(12(2,3)4)15-9-11(14-8)13(5,6)7/h9H,8H2,1-7H3/b11-9-,15-10?. The zero-order chi connectivity index (χ0) is 12.3. The van der Waals surface area contributed by atoms with Gasteiger partial charge in [-0.1, -0.05) is 41.5 Å². The smallest absolute Gasteiger partial charge is 0.0632 e.